The number of carbonyl (C=O) groups excluding carboxylic acids is 1. The van der Waals surface area contributed by atoms with Crippen LogP contribution in [0.3, 0.4) is 0 Å². The third-order valence-electron chi connectivity index (χ3n) is 2.91. The van der Waals surface area contributed by atoms with E-state index >= 15 is 0 Å². The molecule has 2 rings (SSSR count). The van der Waals surface area contributed by atoms with Crippen LogP contribution in [0.1, 0.15) is 15.9 Å². The monoisotopic (exact) mass is 367 g/mol. The maximum Gasteiger partial charge on any atom is 0.261 e. The minimum Gasteiger partial charge on any atom is -0.293 e. The quantitative estimate of drug-likeness (QED) is 0.650. The number of rotatable bonds is 5. The van der Waals surface area contributed by atoms with Gasteiger partial charge in [0.1, 0.15) is 0 Å². The Morgan fingerprint density at radius 3 is 2.14 bits per heavy atom. The first-order valence-corrected chi connectivity index (χ1v) is 8.81. The number of hydrogen-bond acceptors (Lipinski definition) is 3. The van der Waals surface area contributed by atoms with E-state index in [2.05, 4.69) is 20.7 Å². The number of ketones is 1. The summed E-state index contributed by atoms with van der Waals surface area (Å²) in [5.74, 6) is -0.0922. The second-order valence-electron chi connectivity index (χ2n) is 4.55. The first kappa shape index (κ1) is 15.7. The van der Waals surface area contributed by atoms with E-state index in [1.54, 1.807) is 12.1 Å². The zero-order chi connectivity index (χ0) is 15.5. The van der Waals surface area contributed by atoms with Crippen LogP contribution in [0, 0.1) is 6.92 Å². The lowest BCUT2D eigenvalue weighted by Gasteiger charge is -2.08. The van der Waals surface area contributed by atoms with E-state index in [0.717, 1.165) is 5.56 Å². The topological polar surface area (TPSA) is 63.2 Å². The van der Waals surface area contributed by atoms with E-state index in [9.17, 15) is 13.2 Å². The van der Waals surface area contributed by atoms with Crippen molar-refractivity contribution in [3.8, 4) is 0 Å². The second kappa shape index (κ2) is 6.41. The predicted octanol–water partition coefficient (Wildman–Crippen LogP) is 3.37. The highest BCUT2D eigenvalue weighted by Crippen LogP contribution is 2.17. The van der Waals surface area contributed by atoms with Crippen molar-refractivity contribution < 1.29 is 13.2 Å². The van der Waals surface area contributed by atoms with Crippen molar-refractivity contribution in [1.29, 1.82) is 0 Å². The zero-order valence-corrected chi connectivity index (χ0v) is 13.7. The molecule has 0 bridgehead atoms. The molecule has 0 fully saturated rings. The first-order valence-electron chi connectivity index (χ1n) is 6.21. The summed E-state index contributed by atoms with van der Waals surface area (Å²) in [7, 11) is -3.65. The Balaban J connectivity index is 2.23. The average Bonchev–Trinajstić information content (AvgIpc) is 2.49. The number of hydrogen-bond donors (Lipinski definition) is 1. The number of anilines is 1. The summed E-state index contributed by atoms with van der Waals surface area (Å²) in [6.45, 7) is 1.93. The molecule has 0 heterocycles. The Morgan fingerprint density at radius 2 is 1.62 bits per heavy atom. The lowest BCUT2D eigenvalue weighted by Crippen LogP contribution is -2.13. The molecule has 21 heavy (non-hydrogen) atoms. The highest BCUT2D eigenvalue weighted by atomic mass is 79.9. The fraction of sp³-hybridized carbons (Fsp3) is 0.133. The Bertz CT molecular complexity index is 737. The molecule has 0 saturated carbocycles. The first-order chi connectivity index (χ1) is 9.92. The molecule has 2 aromatic rings. The molecule has 0 aliphatic carbocycles. The van der Waals surface area contributed by atoms with Crippen LogP contribution in [0.25, 0.3) is 0 Å². The molecule has 2 aromatic carbocycles. The van der Waals surface area contributed by atoms with E-state index in [4.69, 9.17) is 0 Å². The number of benzene rings is 2. The molecule has 0 spiro atoms. The highest BCUT2D eigenvalue weighted by molar-refractivity contribution is 9.09. The van der Waals surface area contributed by atoms with Gasteiger partial charge < -0.3 is 0 Å². The molecule has 0 saturated heterocycles. The summed E-state index contributed by atoms with van der Waals surface area (Å²) >= 11 is 3.08. The van der Waals surface area contributed by atoms with Gasteiger partial charge in [0.25, 0.3) is 10.0 Å². The van der Waals surface area contributed by atoms with Crippen LogP contribution in [0.4, 0.5) is 5.69 Å². The van der Waals surface area contributed by atoms with Crippen molar-refractivity contribution in [2.45, 2.75) is 11.8 Å². The van der Waals surface area contributed by atoms with Gasteiger partial charge in [-0.25, -0.2) is 8.42 Å². The number of sulfonamides is 1. The Labute approximate surface area is 132 Å². The summed E-state index contributed by atoms with van der Waals surface area (Å²) in [6, 6.07) is 12.9. The molecule has 0 amide bonds. The number of Topliss-reactive ketones (excluding diaryl/α,β-unsaturated/α-hetero) is 1. The van der Waals surface area contributed by atoms with Gasteiger partial charge in [0.2, 0.25) is 0 Å². The van der Waals surface area contributed by atoms with Crippen molar-refractivity contribution in [2.24, 2.45) is 0 Å². The molecule has 0 unspecified atom stereocenters. The van der Waals surface area contributed by atoms with Crippen LogP contribution < -0.4 is 4.72 Å². The Kier molecular flexibility index (Phi) is 4.80. The van der Waals surface area contributed by atoms with Crippen LogP contribution in [0.15, 0.2) is 53.4 Å². The van der Waals surface area contributed by atoms with E-state index in [1.807, 2.05) is 19.1 Å². The largest absolute Gasteiger partial charge is 0.293 e. The van der Waals surface area contributed by atoms with Gasteiger partial charge in [-0.2, -0.15) is 0 Å². The number of nitrogens with one attached hydrogen (secondary N) is 1. The van der Waals surface area contributed by atoms with E-state index in [-0.39, 0.29) is 16.0 Å². The lowest BCUT2D eigenvalue weighted by molar-refractivity contribution is 0.102. The molecule has 1 N–H and O–H groups in total. The van der Waals surface area contributed by atoms with Gasteiger partial charge in [-0.1, -0.05) is 45.8 Å². The fourth-order valence-corrected chi connectivity index (χ4v) is 3.12. The third kappa shape index (κ3) is 3.92. The normalized spacial score (nSPS) is 11.1. The smallest absolute Gasteiger partial charge is 0.261 e. The summed E-state index contributed by atoms with van der Waals surface area (Å²) in [6.07, 6.45) is 0. The van der Waals surface area contributed by atoms with E-state index < -0.39 is 10.0 Å². The molecule has 0 aliphatic heterocycles. The van der Waals surface area contributed by atoms with Crippen LogP contribution >= 0.6 is 15.9 Å². The fourth-order valence-electron chi connectivity index (χ4n) is 1.73. The zero-order valence-electron chi connectivity index (χ0n) is 11.3. The van der Waals surface area contributed by atoms with Gasteiger partial charge in [0, 0.05) is 11.3 Å². The molecule has 110 valence electrons. The maximum absolute atomic E-state index is 12.2. The van der Waals surface area contributed by atoms with Crippen molar-refractivity contribution in [3.63, 3.8) is 0 Å². The minimum atomic E-state index is -3.65. The molecule has 0 aliphatic rings. The van der Waals surface area contributed by atoms with Gasteiger partial charge in [0.05, 0.1) is 10.2 Å². The molecule has 0 atom stereocenters. The maximum atomic E-state index is 12.2. The molecule has 6 heteroatoms. The van der Waals surface area contributed by atoms with E-state index in [1.165, 1.54) is 24.3 Å². The van der Waals surface area contributed by atoms with Crippen LogP contribution in [-0.2, 0) is 10.0 Å². The van der Waals surface area contributed by atoms with Crippen LogP contribution in [0.2, 0.25) is 0 Å². The number of alkyl halides is 1. The summed E-state index contributed by atoms with van der Waals surface area (Å²) < 4.78 is 27.0. The summed E-state index contributed by atoms with van der Waals surface area (Å²) in [5, 5.41) is 0.209. The predicted molar refractivity (Wildman–Crippen MR) is 86.6 cm³/mol. The summed E-state index contributed by atoms with van der Waals surface area (Å²) in [4.78, 5) is 11.6. The minimum absolute atomic E-state index is 0.0922. The standard InChI is InChI=1S/C15H14BrNO3S/c1-11-2-6-13(7-3-11)17-21(19,20)14-8-4-12(5-9-14)15(18)10-16/h2-9,17H,10H2,1H3. The number of carbonyl (C=O) groups is 1. The molecular formula is C15H14BrNO3S. The van der Waals surface area contributed by atoms with Crippen LogP contribution in [0.5, 0.6) is 0 Å². The van der Waals surface area contributed by atoms with Crippen molar-refractivity contribution in [3.05, 3.63) is 59.7 Å². The molecule has 0 radical (unpaired) electrons. The van der Waals surface area contributed by atoms with Crippen molar-refractivity contribution in [2.75, 3.05) is 10.1 Å². The van der Waals surface area contributed by atoms with Gasteiger partial charge in [-0.05, 0) is 31.2 Å². The number of aryl methyl sites for hydroxylation is 1. The van der Waals surface area contributed by atoms with E-state index in [0.29, 0.717) is 11.3 Å². The van der Waals surface area contributed by atoms with Crippen molar-refractivity contribution in [1.82, 2.24) is 0 Å². The number of halogens is 1. The molecular weight excluding hydrogens is 354 g/mol. The second-order valence-corrected chi connectivity index (χ2v) is 6.80. The molecule has 4 nitrogen and oxygen atoms in total. The van der Waals surface area contributed by atoms with Gasteiger partial charge in [0.15, 0.2) is 5.78 Å². The third-order valence-corrected chi connectivity index (χ3v) is 4.82. The molecule has 0 aromatic heterocycles. The van der Waals surface area contributed by atoms with Crippen molar-refractivity contribution >= 4 is 37.4 Å². The van der Waals surface area contributed by atoms with Gasteiger partial charge in [-0.15, -0.1) is 0 Å². The Hall–Kier alpha value is -1.66. The van der Waals surface area contributed by atoms with Crippen LogP contribution in [-0.4, -0.2) is 19.5 Å². The summed E-state index contributed by atoms with van der Waals surface area (Å²) in [5.41, 5.74) is 2.03. The SMILES string of the molecule is Cc1ccc(NS(=O)(=O)c2ccc(C(=O)CBr)cc2)cc1. The Morgan fingerprint density at radius 1 is 1.05 bits per heavy atom. The highest BCUT2D eigenvalue weighted by Gasteiger charge is 2.14. The van der Waals surface area contributed by atoms with Gasteiger partial charge in [-0.3, -0.25) is 9.52 Å². The lowest BCUT2D eigenvalue weighted by atomic mass is 10.2. The average molecular weight is 368 g/mol. The van der Waals surface area contributed by atoms with Gasteiger partial charge >= 0.3 is 0 Å².